The average molecular weight is 238 g/mol. The van der Waals surface area contributed by atoms with E-state index < -0.39 is 0 Å². The molecule has 5 heteroatoms. The predicted octanol–water partition coefficient (Wildman–Crippen LogP) is -1.02. The summed E-state index contributed by atoms with van der Waals surface area (Å²) in [6.07, 6.45) is 3.93. The monoisotopic (exact) mass is 238 g/mol. The summed E-state index contributed by atoms with van der Waals surface area (Å²) in [5.41, 5.74) is 5.50. The van der Waals surface area contributed by atoms with Crippen LogP contribution in [0.15, 0.2) is 0 Å². The van der Waals surface area contributed by atoms with Crippen molar-refractivity contribution in [1.29, 1.82) is 0 Å². The number of nitrogens with one attached hydrogen (secondary N) is 1. The second kappa shape index (κ2) is 4.55. The first kappa shape index (κ1) is 11.4. The van der Waals surface area contributed by atoms with Crippen LogP contribution in [0.1, 0.15) is 19.3 Å². The Morgan fingerprint density at radius 3 is 2.71 bits per heavy atom. The van der Waals surface area contributed by atoms with E-state index in [4.69, 9.17) is 5.73 Å². The Morgan fingerprint density at radius 2 is 2.00 bits per heavy atom. The van der Waals surface area contributed by atoms with Gasteiger partial charge in [0, 0.05) is 44.8 Å². The van der Waals surface area contributed by atoms with Gasteiger partial charge in [-0.3, -0.25) is 14.6 Å². The molecule has 0 aromatic rings. The Hall–Kier alpha value is -0.650. The summed E-state index contributed by atoms with van der Waals surface area (Å²) in [6, 6.07) is 1.28. The van der Waals surface area contributed by atoms with Crippen molar-refractivity contribution in [2.75, 3.05) is 32.7 Å². The predicted molar refractivity (Wildman–Crippen MR) is 65.6 cm³/mol. The minimum Gasteiger partial charge on any atom is -0.368 e. The van der Waals surface area contributed by atoms with E-state index in [1.54, 1.807) is 0 Å². The third-order valence-electron chi connectivity index (χ3n) is 4.34. The van der Waals surface area contributed by atoms with Crippen molar-refractivity contribution in [1.82, 2.24) is 15.1 Å². The molecule has 17 heavy (non-hydrogen) atoms. The van der Waals surface area contributed by atoms with Crippen molar-refractivity contribution in [3.8, 4) is 0 Å². The van der Waals surface area contributed by atoms with E-state index in [1.165, 1.54) is 25.8 Å². The number of nitrogens with two attached hydrogens (primary N) is 1. The number of piperazine rings is 1. The third kappa shape index (κ3) is 2.32. The van der Waals surface area contributed by atoms with Gasteiger partial charge in [-0.1, -0.05) is 0 Å². The molecule has 3 aliphatic rings. The molecule has 1 amide bonds. The maximum atomic E-state index is 11.5. The lowest BCUT2D eigenvalue weighted by atomic mass is 10.1. The zero-order chi connectivity index (χ0) is 11.8. The van der Waals surface area contributed by atoms with Crippen LogP contribution in [0.25, 0.3) is 0 Å². The highest BCUT2D eigenvalue weighted by molar-refractivity contribution is 5.80. The molecule has 3 fully saturated rings. The highest BCUT2D eigenvalue weighted by Crippen LogP contribution is 2.31. The molecule has 2 saturated heterocycles. The highest BCUT2D eigenvalue weighted by atomic mass is 16.1. The van der Waals surface area contributed by atoms with Crippen LogP contribution in [0.2, 0.25) is 0 Å². The highest BCUT2D eigenvalue weighted by Gasteiger charge is 2.39. The Bertz CT molecular complexity index is 305. The molecular formula is C12H22N4O. The van der Waals surface area contributed by atoms with Crippen LogP contribution in [0, 0.1) is 0 Å². The first-order valence-electron chi connectivity index (χ1n) is 6.75. The molecule has 1 saturated carbocycles. The van der Waals surface area contributed by atoms with Crippen LogP contribution < -0.4 is 11.1 Å². The summed E-state index contributed by atoms with van der Waals surface area (Å²) >= 11 is 0. The summed E-state index contributed by atoms with van der Waals surface area (Å²) in [7, 11) is 0. The maximum absolute atomic E-state index is 11.5. The molecule has 0 aromatic carbocycles. The second-order valence-corrected chi connectivity index (χ2v) is 5.53. The van der Waals surface area contributed by atoms with E-state index in [1.807, 2.05) is 0 Å². The minimum absolute atomic E-state index is 0.104. The lowest BCUT2D eigenvalue weighted by Crippen LogP contribution is -2.60. The summed E-state index contributed by atoms with van der Waals surface area (Å²) in [5.74, 6) is -0.179. The normalized spacial score (nSPS) is 36.2. The molecule has 0 spiro atoms. The molecule has 2 aliphatic heterocycles. The molecule has 5 nitrogen and oxygen atoms in total. The van der Waals surface area contributed by atoms with Crippen LogP contribution in [0.5, 0.6) is 0 Å². The fourth-order valence-electron chi connectivity index (χ4n) is 3.23. The van der Waals surface area contributed by atoms with Gasteiger partial charge in [0.2, 0.25) is 5.91 Å². The molecule has 3 rings (SSSR count). The second-order valence-electron chi connectivity index (χ2n) is 5.53. The Kier molecular flexibility index (Phi) is 3.06. The minimum atomic E-state index is -0.179. The quantitative estimate of drug-likeness (QED) is 0.661. The van der Waals surface area contributed by atoms with Gasteiger partial charge in [-0.05, 0) is 19.3 Å². The van der Waals surface area contributed by atoms with Gasteiger partial charge in [0.25, 0.3) is 0 Å². The van der Waals surface area contributed by atoms with Gasteiger partial charge in [-0.2, -0.15) is 0 Å². The molecule has 0 bridgehead atoms. The molecule has 0 radical (unpaired) electrons. The Labute approximate surface area is 102 Å². The number of hydrogen-bond donors (Lipinski definition) is 2. The fraction of sp³-hybridized carbons (Fsp3) is 0.917. The number of carbonyl (C=O) groups is 1. The van der Waals surface area contributed by atoms with Gasteiger partial charge in [0.05, 0.1) is 0 Å². The molecule has 2 unspecified atom stereocenters. The van der Waals surface area contributed by atoms with Crippen molar-refractivity contribution in [2.45, 2.75) is 37.4 Å². The van der Waals surface area contributed by atoms with E-state index in [2.05, 4.69) is 15.1 Å². The summed E-state index contributed by atoms with van der Waals surface area (Å²) < 4.78 is 0. The lowest BCUT2D eigenvalue weighted by molar-refractivity contribution is -0.124. The number of amides is 1. The largest absolute Gasteiger partial charge is 0.368 e. The maximum Gasteiger partial charge on any atom is 0.236 e. The van der Waals surface area contributed by atoms with E-state index in [0.717, 1.165) is 32.2 Å². The van der Waals surface area contributed by atoms with Gasteiger partial charge < -0.3 is 11.1 Å². The molecule has 1 aliphatic carbocycles. The molecule has 2 heterocycles. The number of hydrogen-bond acceptors (Lipinski definition) is 4. The number of nitrogens with zero attached hydrogens (tertiary/aromatic N) is 2. The zero-order valence-electron chi connectivity index (χ0n) is 10.3. The number of carbonyl (C=O) groups excluding carboxylic acids is 1. The van der Waals surface area contributed by atoms with Crippen LogP contribution in [-0.2, 0) is 4.79 Å². The summed E-state index contributed by atoms with van der Waals surface area (Å²) in [6.45, 7) is 4.98. The molecular weight excluding hydrogens is 216 g/mol. The van der Waals surface area contributed by atoms with E-state index in [9.17, 15) is 4.79 Å². The van der Waals surface area contributed by atoms with Crippen molar-refractivity contribution in [3.63, 3.8) is 0 Å². The van der Waals surface area contributed by atoms with E-state index in [0.29, 0.717) is 6.04 Å². The smallest absolute Gasteiger partial charge is 0.236 e. The van der Waals surface area contributed by atoms with Gasteiger partial charge in [0.1, 0.15) is 6.04 Å². The number of primary amides is 1. The van der Waals surface area contributed by atoms with E-state index >= 15 is 0 Å². The zero-order valence-corrected chi connectivity index (χ0v) is 10.3. The molecule has 2 atom stereocenters. The van der Waals surface area contributed by atoms with Crippen molar-refractivity contribution < 1.29 is 4.79 Å². The van der Waals surface area contributed by atoms with Gasteiger partial charge in [-0.25, -0.2) is 0 Å². The average Bonchev–Trinajstić information content (AvgIpc) is 3.07. The van der Waals surface area contributed by atoms with Gasteiger partial charge in [-0.15, -0.1) is 0 Å². The number of likely N-dealkylation sites (tertiary alicyclic amines) is 1. The van der Waals surface area contributed by atoms with Crippen molar-refractivity contribution >= 4 is 5.91 Å². The summed E-state index contributed by atoms with van der Waals surface area (Å²) in [5, 5.41) is 3.26. The Balaban J connectivity index is 1.63. The summed E-state index contributed by atoms with van der Waals surface area (Å²) in [4.78, 5) is 16.4. The van der Waals surface area contributed by atoms with Crippen LogP contribution in [-0.4, -0.2) is 66.6 Å². The fourth-order valence-corrected chi connectivity index (χ4v) is 3.23. The third-order valence-corrected chi connectivity index (χ3v) is 4.34. The number of rotatable bonds is 3. The molecule has 96 valence electrons. The van der Waals surface area contributed by atoms with Crippen LogP contribution in [0.3, 0.4) is 0 Å². The van der Waals surface area contributed by atoms with Crippen molar-refractivity contribution in [2.24, 2.45) is 5.73 Å². The lowest BCUT2D eigenvalue weighted by Gasteiger charge is -2.38. The first-order chi connectivity index (χ1) is 8.25. The first-order valence-corrected chi connectivity index (χ1v) is 6.75. The molecule has 3 N–H and O–H groups in total. The van der Waals surface area contributed by atoms with Crippen molar-refractivity contribution in [3.05, 3.63) is 0 Å². The van der Waals surface area contributed by atoms with Gasteiger partial charge >= 0.3 is 0 Å². The molecule has 0 aromatic heterocycles. The van der Waals surface area contributed by atoms with E-state index in [-0.39, 0.29) is 11.9 Å². The Morgan fingerprint density at radius 1 is 1.18 bits per heavy atom. The van der Waals surface area contributed by atoms with Crippen LogP contribution >= 0.6 is 0 Å². The SMILES string of the molecule is NC(=O)C1CNCCN1C1CCN(C2CC2)C1. The standard InChI is InChI=1S/C12H22N4O/c13-12(17)11-7-14-4-6-16(11)10-3-5-15(8-10)9-1-2-9/h9-11,14H,1-8H2,(H2,13,17). The van der Waals surface area contributed by atoms with Gasteiger partial charge in [0.15, 0.2) is 0 Å². The van der Waals surface area contributed by atoms with Crippen LogP contribution in [0.4, 0.5) is 0 Å². The topological polar surface area (TPSA) is 61.6 Å².